The van der Waals surface area contributed by atoms with Gasteiger partial charge in [-0.15, -0.1) is 0 Å². The van der Waals surface area contributed by atoms with Crippen molar-refractivity contribution in [3.8, 4) is 0 Å². The summed E-state index contributed by atoms with van der Waals surface area (Å²) in [6, 6.07) is 3.20. The maximum Gasteiger partial charge on any atom is 0.241 e. The largest absolute Gasteiger partial charge is 0.398 e. The molecule has 0 saturated heterocycles. The van der Waals surface area contributed by atoms with Gasteiger partial charge >= 0.3 is 0 Å². The van der Waals surface area contributed by atoms with Crippen molar-refractivity contribution >= 4 is 31.6 Å². The van der Waals surface area contributed by atoms with E-state index in [1.54, 1.807) is 13.0 Å². The minimum absolute atomic E-state index is 0.181. The summed E-state index contributed by atoms with van der Waals surface area (Å²) in [5.74, 6) is 0. The van der Waals surface area contributed by atoms with Crippen LogP contribution in [0.15, 0.2) is 21.5 Å². The molecule has 0 spiro atoms. The molecule has 0 aromatic heterocycles. The molecule has 3 N–H and O–H groups in total. The zero-order valence-electron chi connectivity index (χ0n) is 9.66. The number of methoxy groups -OCH3 is 1. The summed E-state index contributed by atoms with van der Waals surface area (Å²) in [4.78, 5) is 0.181. The van der Waals surface area contributed by atoms with Crippen LogP contribution in [0.2, 0.25) is 0 Å². The molecule has 1 aromatic carbocycles. The number of anilines is 1. The average molecular weight is 323 g/mol. The quantitative estimate of drug-likeness (QED) is 0.631. The summed E-state index contributed by atoms with van der Waals surface area (Å²) in [6.45, 7) is 2.22. The third-order valence-corrected chi connectivity index (χ3v) is 4.30. The predicted molar refractivity (Wildman–Crippen MR) is 70.4 cm³/mol. The molecule has 0 bridgehead atoms. The van der Waals surface area contributed by atoms with Gasteiger partial charge in [-0.1, -0.05) is 15.9 Å². The van der Waals surface area contributed by atoms with E-state index >= 15 is 0 Å². The second-order valence-electron chi connectivity index (χ2n) is 3.51. The van der Waals surface area contributed by atoms with Crippen LogP contribution < -0.4 is 10.5 Å². The van der Waals surface area contributed by atoms with Crippen LogP contribution >= 0.6 is 15.9 Å². The fourth-order valence-electron chi connectivity index (χ4n) is 1.31. The Morgan fingerprint density at radius 3 is 2.71 bits per heavy atom. The number of sulfonamides is 1. The van der Waals surface area contributed by atoms with Crippen LogP contribution in [0, 0.1) is 6.92 Å². The summed E-state index contributed by atoms with van der Waals surface area (Å²) in [5, 5.41) is 0. The SMILES string of the molecule is COCCNS(=O)(=O)c1cc(Br)cc(N)c1C. The Kier molecular flexibility index (Phi) is 4.93. The lowest BCUT2D eigenvalue weighted by molar-refractivity contribution is 0.204. The van der Waals surface area contributed by atoms with Gasteiger partial charge in [0, 0.05) is 23.8 Å². The smallest absolute Gasteiger partial charge is 0.241 e. The number of nitrogen functional groups attached to an aromatic ring is 1. The van der Waals surface area contributed by atoms with Gasteiger partial charge in [0.05, 0.1) is 11.5 Å². The highest BCUT2D eigenvalue weighted by molar-refractivity contribution is 9.10. The Bertz CT molecular complexity index is 503. The van der Waals surface area contributed by atoms with Gasteiger partial charge in [-0.2, -0.15) is 0 Å². The molecule has 0 heterocycles. The van der Waals surface area contributed by atoms with Gasteiger partial charge in [0.15, 0.2) is 0 Å². The highest BCUT2D eigenvalue weighted by Gasteiger charge is 2.18. The zero-order valence-corrected chi connectivity index (χ0v) is 12.1. The highest BCUT2D eigenvalue weighted by atomic mass is 79.9. The average Bonchev–Trinajstić information content (AvgIpc) is 2.23. The van der Waals surface area contributed by atoms with Crippen LogP contribution in [0.5, 0.6) is 0 Å². The number of nitrogens with two attached hydrogens (primary N) is 1. The molecule has 0 unspecified atom stereocenters. The number of hydrogen-bond acceptors (Lipinski definition) is 4. The van der Waals surface area contributed by atoms with E-state index in [-0.39, 0.29) is 11.4 Å². The second kappa shape index (κ2) is 5.81. The van der Waals surface area contributed by atoms with E-state index in [2.05, 4.69) is 20.7 Å². The van der Waals surface area contributed by atoms with Crippen molar-refractivity contribution in [3.05, 3.63) is 22.2 Å². The molecular weight excluding hydrogens is 308 g/mol. The number of nitrogens with one attached hydrogen (secondary N) is 1. The van der Waals surface area contributed by atoms with Gasteiger partial charge in [0.1, 0.15) is 0 Å². The number of benzene rings is 1. The highest BCUT2D eigenvalue weighted by Crippen LogP contribution is 2.25. The molecule has 0 radical (unpaired) electrons. The Hall–Kier alpha value is -0.630. The molecule has 5 nitrogen and oxygen atoms in total. The Labute approximate surface area is 110 Å². The number of halogens is 1. The topological polar surface area (TPSA) is 81.4 Å². The molecule has 0 aliphatic heterocycles. The van der Waals surface area contributed by atoms with E-state index < -0.39 is 10.0 Å². The fourth-order valence-corrected chi connectivity index (χ4v) is 3.25. The number of rotatable bonds is 5. The van der Waals surface area contributed by atoms with Crippen molar-refractivity contribution < 1.29 is 13.2 Å². The normalized spacial score (nSPS) is 11.7. The molecular formula is C10H15BrN2O3S. The van der Waals surface area contributed by atoms with Gasteiger partial charge in [-0.25, -0.2) is 13.1 Å². The van der Waals surface area contributed by atoms with E-state index in [9.17, 15) is 8.42 Å². The first kappa shape index (κ1) is 14.4. The van der Waals surface area contributed by atoms with Crippen LogP contribution in [0.4, 0.5) is 5.69 Å². The van der Waals surface area contributed by atoms with Crippen molar-refractivity contribution in [1.82, 2.24) is 4.72 Å². The standard InChI is InChI=1S/C10H15BrN2O3S/c1-7-9(12)5-8(11)6-10(7)17(14,15)13-3-4-16-2/h5-6,13H,3-4,12H2,1-2H3. The molecule has 17 heavy (non-hydrogen) atoms. The molecule has 0 atom stereocenters. The van der Waals surface area contributed by atoms with Gasteiger partial charge < -0.3 is 10.5 Å². The van der Waals surface area contributed by atoms with E-state index in [0.29, 0.717) is 22.3 Å². The Balaban J connectivity index is 3.06. The lowest BCUT2D eigenvalue weighted by Crippen LogP contribution is -2.28. The van der Waals surface area contributed by atoms with Crippen LogP contribution in [0.3, 0.4) is 0 Å². The molecule has 0 saturated carbocycles. The second-order valence-corrected chi connectivity index (χ2v) is 6.16. The zero-order chi connectivity index (χ0) is 13.1. The van der Waals surface area contributed by atoms with E-state index in [1.165, 1.54) is 13.2 Å². The predicted octanol–water partition coefficient (Wildman–Crippen LogP) is 1.26. The number of hydrogen-bond donors (Lipinski definition) is 2. The first-order valence-electron chi connectivity index (χ1n) is 4.92. The third-order valence-electron chi connectivity index (χ3n) is 2.25. The third kappa shape index (κ3) is 3.67. The molecule has 96 valence electrons. The Morgan fingerprint density at radius 2 is 2.12 bits per heavy atom. The summed E-state index contributed by atoms with van der Waals surface area (Å²) >= 11 is 3.22. The van der Waals surface area contributed by atoms with Crippen molar-refractivity contribution in [3.63, 3.8) is 0 Å². The molecule has 7 heteroatoms. The lowest BCUT2D eigenvalue weighted by atomic mass is 10.2. The monoisotopic (exact) mass is 322 g/mol. The van der Waals surface area contributed by atoms with Crippen molar-refractivity contribution in [2.45, 2.75) is 11.8 Å². The maximum atomic E-state index is 12.0. The molecule has 1 aromatic rings. The van der Waals surface area contributed by atoms with Gasteiger partial charge in [0.25, 0.3) is 0 Å². The maximum absolute atomic E-state index is 12.0. The van der Waals surface area contributed by atoms with E-state index in [4.69, 9.17) is 10.5 Å². The summed E-state index contributed by atoms with van der Waals surface area (Å²) in [5.41, 5.74) is 6.70. The van der Waals surface area contributed by atoms with Crippen LogP contribution in [0.25, 0.3) is 0 Å². The summed E-state index contributed by atoms with van der Waals surface area (Å²) in [6.07, 6.45) is 0. The molecule has 0 aliphatic rings. The molecule has 0 fully saturated rings. The van der Waals surface area contributed by atoms with Crippen molar-refractivity contribution in [2.75, 3.05) is 26.0 Å². The molecule has 0 aliphatic carbocycles. The van der Waals surface area contributed by atoms with Gasteiger partial charge in [-0.05, 0) is 24.6 Å². The summed E-state index contributed by atoms with van der Waals surface area (Å²) in [7, 11) is -2.04. The number of ether oxygens (including phenoxy) is 1. The van der Waals surface area contributed by atoms with Gasteiger partial charge in [-0.3, -0.25) is 0 Å². The molecule has 0 amide bonds. The van der Waals surface area contributed by atoms with Crippen LogP contribution in [-0.4, -0.2) is 28.7 Å². The fraction of sp³-hybridized carbons (Fsp3) is 0.400. The van der Waals surface area contributed by atoms with Crippen molar-refractivity contribution in [1.29, 1.82) is 0 Å². The lowest BCUT2D eigenvalue weighted by Gasteiger charge is -2.11. The first-order chi connectivity index (χ1) is 7.88. The summed E-state index contributed by atoms with van der Waals surface area (Å²) < 4.78 is 31.8. The van der Waals surface area contributed by atoms with Crippen molar-refractivity contribution in [2.24, 2.45) is 0 Å². The minimum atomic E-state index is -3.55. The first-order valence-corrected chi connectivity index (χ1v) is 7.20. The van der Waals surface area contributed by atoms with Gasteiger partial charge in [0.2, 0.25) is 10.0 Å². The Morgan fingerprint density at radius 1 is 1.47 bits per heavy atom. The van der Waals surface area contributed by atoms with Crippen LogP contribution in [-0.2, 0) is 14.8 Å². The van der Waals surface area contributed by atoms with Crippen LogP contribution in [0.1, 0.15) is 5.56 Å². The minimum Gasteiger partial charge on any atom is -0.398 e. The molecule has 1 rings (SSSR count). The van der Waals surface area contributed by atoms with E-state index in [1.807, 2.05) is 0 Å². The van der Waals surface area contributed by atoms with E-state index in [0.717, 1.165) is 0 Å².